The highest BCUT2D eigenvalue weighted by Crippen LogP contribution is 2.06. The Morgan fingerprint density at radius 2 is 1.59 bits per heavy atom. The molecule has 10 heteroatoms. The maximum atomic E-state index is 12.7. The maximum absolute atomic E-state index is 12.7. The number of hydrogen-bond acceptors (Lipinski definition) is 6. The van der Waals surface area contributed by atoms with Crippen LogP contribution in [-0.4, -0.2) is 59.2 Å². The average molecular weight is 425 g/mol. The zero-order valence-electron chi connectivity index (χ0n) is 16.4. The summed E-state index contributed by atoms with van der Waals surface area (Å²) in [4.78, 5) is 48.2. The van der Waals surface area contributed by atoms with Crippen molar-refractivity contribution in [1.82, 2.24) is 16.0 Å². The maximum Gasteiger partial charge on any atom is 0.326 e. The molecular formula is C19H28N4O5S. The van der Waals surface area contributed by atoms with Crippen molar-refractivity contribution in [2.45, 2.75) is 38.4 Å². The topological polar surface area (TPSA) is 151 Å². The monoisotopic (exact) mass is 424 g/mol. The van der Waals surface area contributed by atoms with Crippen molar-refractivity contribution >= 4 is 36.3 Å². The number of carbonyl (C=O) groups is 4. The number of rotatable bonds is 11. The number of carbonyl (C=O) groups excluding carboxylic acids is 3. The molecule has 0 aliphatic rings. The summed E-state index contributed by atoms with van der Waals surface area (Å²) in [7, 11) is 0. The molecule has 0 aromatic heterocycles. The minimum absolute atomic E-state index is 0.0507. The fraction of sp³-hybridized carbons (Fsp3) is 0.474. The van der Waals surface area contributed by atoms with Crippen LogP contribution in [-0.2, 0) is 25.6 Å². The van der Waals surface area contributed by atoms with E-state index < -0.39 is 41.8 Å². The van der Waals surface area contributed by atoms with Gasteiger partial charge in [0, 0.05) is 12.2 Å². The van der Waals surface area contributed by atoms with Crippen LogP contribution < -0.4 is 21.7 Å². The predicted molar refractivity (Wildman–Crippen MR) is 111 cm³/mol. The molecule has 0 saturated heterocycles. The molecule has 3 atom stereocenters. The number of aliphatic carboxylic acids is 1. The first kappa shape index (κ1) is 24.4. The van der Waals surface area contributed by atoms with Crippen LogP contribution in [0.2, 0.25) is 0 Å². The molecule has 0 bridgehead atoms. The number of carboxylic acid groups (broad SMARTS) is 1. The van der Waals surface area contributed by atoms with Gasteiger partial charge in [-0.05, 0) is 11.5 Å². The number of hydrogen-bond donors (Lipinski definition) is 6. The second-order valence-electron chi connectivity index (χ2n) is 6.83. The third-order valence-corrected chi connectivity index (χ3v) is 4.53. The van der Waals surface area contributed by atoms with Crippen LogP contribution in [0, 0.1) is 5.92 Å². The van der Waals surface area contributed by atoms with Gasteiger partial charge in [-0.1, -0.05) is 44.2 Å². The number of thiol groups is 1. The molecule has 0 spiro atoms. The molecule has 0 heterocycles. The van der Waals surface area contributed by atoms with Gasteiger partial charge >= 0.3 is 5.97 Å². The summed E-state index contributed by atoms with van der Waals surface area (Å²) in [6.45, 7) is 3.03. The van der Waals surface area contributed by atoms with Crippen molar-refractivity contribution < 1.29 is 24.3 Å². The van der Waals surface area contributed by atoms with Crippen LogP contribution in [0.25, 0.3) is 0 Å². The van der Waals surface area contributed by atoms with E-state index in [0.717, 1.165) is 5.56 Å². The summed E-state index contributed by atoms with van der Waals surface area (Å²) >= 11 is 4.08. The summed E-state index contributed by atoms with van der Waals surface area (Å²) in [6.07, 6.45) is 0.197. The lowest BCUT2D eigenvalue weighted by Gasteiger charge is -2.24. The number of amides is 3. The lowest BCUT2D eigenvalue weighted by atomic mass is 10.0. The number of benzene rings is 1. The standard InChI is InChI=1S/C19H28N4O5S/c1-11(2)16(19(27)28)23-18(26)14(10-29)22-17(25)13(21-15(24)9-20)8-12-6-4-3-5-7-12/h3-7,11,13-14,16,29H,8-10,20H2,1-2H3,(H,21,24)(H,22,25)(H,23,26)(H,27,28). The summed E-state index contributed by atoms with van der Waals surface area (Å²) in [5.74, 6) is -3.35. The summed E-state index contributed by atoms with van der Waals surface area (Å²) in [5.41, 5.74) is 6.13. The van der Waals surface area contributed by atoms with Crippen molar-refractivity contribution in [2.75, 3.05) is 12.3 Å². The first-order chi connectivity index (χ1) is 13.7. The molecule has 3 unspecified atom stereocenters. The Balaban J connectivity index is 2.89. The second kappa shape index (κ2) is 12.1. The van der Waals surface area contributed by atoms with E-state index in [1.54, 1.807) is 38.1 Å². The summed E-state index contributed by atoms with van der Waals surface area (Å²) in [6, 6.07) is 5.91. The van der Waals surface area contributed by atoms with E-state index in [1.165, 1.54) is 0 Å². The molecule has 0 aliphatic carbocycles. The van der Waals surface area contributed by atoms with Crippen LogP contribution in [0.3, 0.4) is 0 Å². The molecular weight excluding hydrogens is 396 g/mol. The number of nitrogens with one attached hydrogen (secondary N) is 3. The van der Waals surface area contributed by atoms with Crippen LogP contribution in [0.15, 0.2) is 30.3 Å². The smallest absolute Gasteiger partial charge is 0.326 e. The van der Waals surface area contributed by atoms with Gasteiger partial charge in [0.25, 0.3) is 0 Å². The van der Waals surface area contributed by atoms with E-state index in [1.807, 2.05) is 6.07 Å². The van der Waals surface area contributed by atoms with Gasteiger partial charge in [-0.15, -0.1) is 0 Å². The summed E-state index contributed by atoms with van der Waals surface area (Å²) in [5, 5.41) is 16.7. The van der Waals surface area contributed by atoms with Crippen molar-refractivity contribution in [3.63, 3.8) is 0 Å². The van der Waals surface area contributed by atoms with Crippen molar-refractivity contribution in [1.29, 1.82) is 0 Å². The Morgan fingerprint density at radius 3 is 2.07 bits per heavy atom. The van der Waals surface area contributed by atoms with Crippen molar-refractivity contribution in [3.8, 4) is 0 Å². The molecule has 1 rings (SSSR count). The third kappa shape index (κ3) is 8.12. The molecule has 1 aromatic carbocycles. The van der Waals surface area contributed by atoms with Crippen LogP contribution in [0.4, 0.5) is 0 Å². The normalized spacial score (nSPS) is 13.8. The SMILES string of the molecule is CC(C)C(NC(=O)C(CS)NC(=O)C(Cc1ccccc1)NC(=O)CN)C(=O)O. The van der Waals surface area contributed by atoms with Crippen molar-refractivity contribution in [3.05, 3.63) is 35.9 Å². The molecule has 9 nitrogen and oxygen atoms in total. The predicted octanol–water partition coefficient (Wildman–Crippen LogP) is -0.687. The first-order valence-electron chi connectivity index (χ1n) is 9.17. The molecule has 0 fully saturated rings. The molecule has 29 heavy (non-hydrogen) atoms. The van der Waals surface area contributed by atoms with Gasteiger partial charge in [0.1, 0.15) is 18.1 Å². The Kier molecular flexibility index (Phi) is 10.2. The van der Waals surface area contributed by atoms with E-state index in [2.05, 4.69) is 28.6 Å². The highest BCUT2D eigenvalue weighted by molar-refractivity contribution is 7.80. The van der Waals surface area contributed by atoms with Crippen LogP contribution >= 0.6 is 12.6 Å². The Bertz CT molecular complexity index is 714. The van der Waals surface area contributed by atoms with E-state index in [-0.39, 0.29) is 24.6 Å². The van der Waals surface area contributed by atoms with Gasteiger partial charge in [0.05, 0.1) is 6.54 Å². The van der Waals surface area contributed by atoms with E-state index >= 15 is 0 Å². The second-order valence-corrected chi connectivity index (χ2v) is 7.19. The Labute approximate surface area is 175 Å². The number of carboxylic acids is 1. The zero-order chi connectivity index (χ0) is 22.0. The molecule has 6 N–H and O–H groups in total. The average Bonchev–Trinajstić information content (AvgIpc) is 2.69. The molecule has 160 valence electrons. The molecule has 0 radical (unpaired) electrons. The Hall–Kier alpha value is -2.59. The highest BCUT2D eigenvalue weighted by atomic mass is 32.1. The lowest BCUT2D eigenvalue weighted by Crippen LogP contribution is -2.57. The van der Waals surface area contributed by atoms with Gasteiger partial charge in [-0.2, -0.15) is 12.6 Å². The quantitative estimate of drug-likeness (QED) is 0.259. The molecule has 0 saturated carbocycles. The summed E-state index contributed by atoms with van der Waals surface area (Å²) < 4.78 is 0. The Morgan fingerprint density at radius 1 is 1.00 bits per heavy atom. The third-order valence-electron chi connectivity index (χ3n) is 4.17. The van der Waals surface area contributed by atoms with Crippen LogP contribution in [0.1, 0.15) is 19.4 Å². The van der Waals surface area contributed by atoms with E-state index in [0.29, 0.717) is 0 Å². The minimum Gasteiger partial charge on any atom is -0.480 e. The minimum atomic E-state index is -1.17. The highest BCUT2D eigenvalue weighted by Gasteiger charge is 2.30. The van der Waals surface area contributed by atoms with Crippen molar-refractivity contribution in [2.24, 2.45) is 11.7 Å². The fourth-order valence-corrected chi connectivity index (χ4v) is 2.80. The lowest BCUT2D eigenvalue weighted by molar-refractivity contribution is -0.143. The zero-order valence-corrected chi connectivity index (χ0v) is 17.3. The molecule has 0 aliphatic heterocycles. The van der Waals surface area contributed by atoms with Gasteiger partial charge in [0.2, 0.25) is 17.7 Å². The van der Waals surface area contributed by atoms with E-state index in [9.17, 15) is 24.3 Å². The van der Waals surface area contributed by atoms with Crippen LogP contribution in [0.5, 0.6) is 0 Å². The van der Waals surface area contributed by atoms with Gasteiger partial charge in [-0.3, -0.25) is 14.4 Å². The first-order valence-corrected chi connectivity index (χ1v) is 9.80. The van der Waals surface area contributed by atoms with Gasteiger partial charge in [0.15, 0.2) is 0 Å². The van der Waals surface area contributed by atoms with Gasteiger partial charge < -0.3 is 26.8 Å². The molecule has 1 aromatic rings. The number of nitrogens with two attached hydrogens (primary N) is 1. The van der Waals surface area contributed by atoms with E-state index in [4.69, 9.17) is 5.73 Å². The fourth-order valence-electron chi connectivity index (χ4n) is 2.55. The van der Waals surface area contributed by atoms with Gasteiger partial charge in [-0.25, -0.2) is 4.79 Å². The largest absolute Gasteiger partial charge is 0.480 e. The molecule has 3 amide bonds.